The van der Waals surface area contributed by atoms with Crippen LogP contribution in [0.4, 0.5) is 5.69 Å². The Bertz CT molecular complexity index is 378. The van der Waals surface area contributed by atoms with E-state index in [-0.39, 0.29) is 0 Å². The number of thiocarbonyl (C=S) groups is 1. The van der Waals surface area contributed by atoms with Gasteiger partial charge < -0.3 is 10.1 Å². The van der Waals surface area contributed by atoms with Crippen molar-refractivity contribution in [3.05, 3.63) is 22.7 Å². The summed E-state index contributed by atoms with van der Waals surface area (Å²) in [4.78, 5) is 0.706. The van der Waals surface area contributed by atoms with Gasteiger partial charge in [0.25, 0.3) is 0 Å². The van der Waals surface area contributed by atoms with Crippen molar-refractivity contribution in [2.45, 2.75) is 6.92 Å². The molecule has 0 saturated carbocycles. The maximum absolute atomic E-state index is 5.88. The molecule has 0 unspecified atom stereocenters. The number of fused-ring (bicyclic) bond motifs is 1. The Balaban J connectivity index is 2.53. The normalized spacial score (nSPS) is 14.5. The minimum atomic E-state index is 0.433. The van der Waals surface area contributed by atoms with E-state index in [0.29, 0.717) is 16.6 Å². The third-order valence-corrected chi connectivity index (χ3v) is 2.33. The minimum Gasteiger partial charge on any atom is -0.484 e. The number of ether oxygens (including phenoxy) is 1. The van der Waals surface area contributed by atoms with Gasteiger partial charge in [-0.15, -0.1) is 0 Å². The van der Waals surface area contributed by atoms with Crippen molar-refractivity contribution in [3.63, 3.8) is 0 Å². The number of benzene rings is 1. The molecule has 4 heteroatoms. The van der Waals surface area contributed by atoms with E-state index >= 15 is 0 Å². The van der Waals surface area contributed by atoms with Gasteiger partial charge in [0.1, 0.15) is 17.3 Å². The monoisotopic (exact) mass is 213 g/mol. The zero-order valence-electron chi connectivity index (χ0n) is 7.06. The molecular formula is C9H8ClNOS. The molecule has 0 aliphatic carbocycles. The van der Waals surface area contributed by atoms with Crippen LogP contribution >= 0.6 is 23.8 Å². The smallest absolute Gasteiger partial charge is 0.145 e. The van der Waals surface area contributed by atoms with Crippen molar-refractivity contribution in [2.24, 2.45) is 0 Å². The summed E-state index contributed by atoms with van der Waals surface area (Å²) in [5.74, 6) is 0.776. The summed E-state index contributed by atoms with van der Waals surface area (Å²) in [5, 5.41) is 3.79. The lowest BCUT2D eigenvalue weighted by atomic mass is 10.1. The molecule has 0 fully saturated rings. The highest BCUT2D eigenvalue weighted by Crippen LogP contribution is 2.34. The molecule has 2 nitrogen and oxygen atoms in total. The second-order valence-electron chi connectivity index (χ2n) is 2.93. The summed E-state index contributed by atoms with van der Waals surface area (Å²) in [6.45, 7) is 2.40. The van der Waals surface area contributed by atoms with Crippen molar-refractivity contribution in [3.8, 4) is 5.75 Å². The fourth-order valence-corrected chi connectivity index (χ4v) is 1.73. The predicted octanol–water partition coefficient (Wildman–Crippen LogP) is 2.78. The SMILES string of the molecule is Cc1cc(Cl)cc2c1NC(=S)CO2. The molecule has 0 bridgehead atoms. The van der Waals surface area contributed by atoms with Gasteiger partial charge >= 0.3 is 0 Å². The first-order valence-electron chi connectivity index (χ1n) is 3.89. The highest BCUT2D eigenvalue weighted by molar-refractivity contribution is 7.80. The summed E-state index contributed by atoms with van der Waals surface area (Å²) in [5.41, 5.74) is 1.98. The van der Waals surface area contributed by atoms with Crippen LogP contribution in [0.15, 0.2) is 12.1 Å². The van der Waals surface area contributed by atoms with Gasteiger partial charge in [-0.2, -0.15) is 0 Å². The van der Waals surface area contributed by atoms with E-state index in [9.17, 15) is 0 Å². The Morgan fingerprint density at radius 2 is 2.31 bits per heavy atom. The maximum Gasteiger partial charge on any atom is 0.145 e. The lowest BCUT2D eigenvalue weighted by molar-refractivity contribution is 0.374. The Morgan fingerprint density at radius 1 is 1.54 bits per heavy atom. The van der Waals surface area contributed by atoms with Crippen LogP contribution in [0.5, 0.6) is 5.75 Å². The molecule has 1 aliphatic rings. The van der Waals surface area contributed by atoms with E-state index in [1.165, 1.54) is 0 Å². The van der Waals surface area contributed by atoms with Crippen LogP contribution < -0.4 is 10.1 Å². The van der Waals surface area contributed by atoms with Gasteiger partial charge in [-0.1, -0.05) is 23.8 Å². The molecule has 1 heterocycles. The van der Waals surface area contributed by atoms with Crippen LogP contribution in [0, 0.1) is 6.92 Å². The number of hydrogen-bond acceptors (Lipinski definition) is 2. The average Bonchev–Trinajstić information content (AvgIpc) is 2.06. The molecule has 68 valence electrons. The van der Waals surface area contributed by atoms with Crippen molar-refractivity contribution in [2.75, 3.05) is 11.9 Å². The second kappa shape index (κ2) is 3.16. The number of aryl methyl sites for hydroxylation is 1. The summed E-state index contributed by atoms with van der Waals surface area (Å²) in [7, 11) is 0. The van der Waals surface area contributed by atoms with E-state index in [2.05, 4.69) is 5.32 Å². The number of nitrogens with one attached hydrogen (secondary N) is 1. The van der Waals surface area contributed by atoms with Gasteiger partial charge in [-0.3, -0.25) is 0 Å². The van der Waals surface area contributed by atoms with Crippen LogP contribution in [0.25, 0.3) is 0 Å². The van der Waals surface area contributed by atoms with E-state index < -0.39 is 0 Å². The third kappa shape index (κ3) is 1.62. The van der Waals surface area contributed by atoms with E-state index in [0.717, 1.165) is 17.0 Å². The molecule has 1 aromatic carbocycles. The molecule has 1 aliphatic heterocycles. The van der Waals surface area contributed by atoms with Gasteiger partial charge in [-0.05, 0) is 18.6 Å². The van der Waals surface area contributed by atoms with Crippen LogP contribution in [0.2, 0.25) is 5.02 Å². The van der Waals surface area contributed by atoms with Crippen molar-refractivity contribution < 1.29 is 4.74 Å². The van der Waals surface area contributed by atoms with Gasteiger partial charge in [-0.25, -0.2) is 0 Å². The molecule has 0 amide bonds. The predicted molar refractivity (Wildman–Crippen MR) is 57.9 cm³/mol. The quantitative estimate of drug-likeness (QED) is 0.670. The number of hydrogen-bond donors (Lipinski definition) is 1. The lowest BCUT2D eigenvalue weighted by Crippen LogP contribution is -2.24. The van der Waals surface area contributed by atoms with E-state index in [4.69, 9.17) is 28.6 Å². The number of halogens is 1. The molecule has 0 saturated heterocycles. The minimum absolute atomic E-state index is 0.433. The third-order valence-electron chi connectivity index (χ3n) is 1.89. The first-order chi connectivity index (χ1) is 6.16. The largest absolute Gasteiger partial charge is 0.484 e. The molecule has 13 heavy (non-hydrogen) atoms. The van der Waals surface area contributed by atoms with Gasteiger partial charge in [0.15, 0.2) is 0 Å². The molecule has 2 rings (SSSR count). The molecular weight excluding hydrogens is 206 g/mol. The maximum atomic E-state index is 5.88. The summed E-state index contributed by atoms with van der Waals surface area (Å²) < 4.78 is 5.41. The van der Waals surface area contributed by atoms with Gasteiger partial charge in [0.05, 0.1) is 5.69 Å². The Hall–Kier alpha value is -0.800. The highest BCUT2D eigenvalue weighted by atomic mass is 35.5. The van der Waals surface area contributed by atoms with Crippen molar-refractivity contribution in [1.29, 1.82) is 0 Å². The molecule has 0 spiro atoms. The summed E-state index contributed by atoms with van der Waals surface area (Å²) in [6.07, 6.45) is 0. The zero-order valence-corrected chi connectivity index (χ0v) is 8.63. The van der Waals surface area contributed by atoms with Crippen LogP contribution in [-0.2, 0) is 0 Å². The van der Waals surface area contributed by atoms with E-state index in [1.54, 1.807) is 6.07 Å². The topological polar surface area (TPSA) is 21.3 Å². The fraction of sp³-hybridized carbons (Fsp3) is 0.222. The zero-order chi connectivity index (χ0) is 9.42. The highest BCUT2D eigenvalue weighted by Gasteiger charge is 2.15. The fourth-order valence-electron chi connectivity index (χ4n) is 1.31. The molecule has 1 N–H and O–H groups in total. The summed E-state index contributed by atoms with van der Waals surface area (Å²) >= 11 is 10.9. The lowest BCUT2D eigenvalue weighted by Gasteiger charge is -2.21. The van der Waals surface area contributed by atoms with Gasteiger partial charge in [0.2, 0.25) is 0 Å². The Labute approximate surface area is 86.8 Å². The molecule has 0 aromatic heterocycles. The van der Waals surface area contributed by atoms with Crippen LogP contribution in [-0.4, -0.2) is 11.6 Å². The first-order valence-corrected chi connectivity index (χ1v) is 4.68. The second-order valence-corrected chi connectivity index (χ2v) is 3.86. The number of rotatable bonds is 0. The Morgan fingerprint density at radius 3 is 3.08 bits per heavy atom. The summed E-state index contributed by atoms with van der Waals surface area (Å²) in [6, 6.07) is 3.67. The van der Waals surface area contributed by atoms with Crippen molar-refractivity contribution in [1.82, 2.24) is 0 Å². The standard InChI is InChI=1S/C9H8ClNOS/c1-5-2-6(10)3-7-9(5)11-8(13)4-12-7/h2-3H,4H2,1H3,(H,11,13). The average molecular weight is 214 g/mol. The molecule has 0 atom stereocenters. The molecule has 1 aromatic rings. The van der Waals surface area contributed by atoms with Crippen LogP contribution in [0.3, 0.4) is 0 Å². The number of anilines is 1. The first kappa shape index (κ1) is 8.78. The van der Waals surface area contributed by atoms with E-state index in [1.807, 2.05) is 13.0 Å². The van der Waals surface area contributed by atoms with Crippen LogP contribution in [0.1, 0.15) is 5.56 Å². The molecule has 0 radical (unpaired) electrons. The Kier molecular flexibility index (Phi) is 2.14. The van der Waals surface area contributed by atoms with Gasteiger partial charge in [0, 0.05) is 11.1 Å². The van der Waals surface area contributed by atoms with Crippen molar-refractivity contribution >= 4 is 34.5 Å².